The summed E-state index contributed by atoms with van der Waals surface area (Å²) in [6.07, 6.45) is 1.42. The number of carbonyl (C=O) groups excluding carboxylic acids is 2. The maximum Gasteiger partial charge on any atom is 0.303 e. The minimum atomic E-state index is -0.994. The van der Waals surface area contributed by atoms with Crippen LogP contribution in [0.15, 0.2) is 60.7 Å². The Morgan fingerprint density at radius 3 is 2.06 bits per heavy atom. The van der Waals surface area contributed by atoms with E-state index in [1.54, 1.807) is 6.07 Å². The maximum atomic E-state index is 12.7. The number of carboxylic acid groups (broad SMARTS) is 1. The van der Waals surface area contributed by atoms with Crippen LogP contribution in [0.1, 0.15) is 63.1 Å². The van der Waals surface area contributed by atoms with E-state index in [0.717, 1.165) is 27.8 Å². The molecule has 170 valence electrons. The lowest BCUT2D eigenvalue weighted by Gasteiger charge is -2.13. The molecule has 5 heteroatoms. The molecule has 33 heavy (non-hydrogen) atoms. The summed E-state index contributed by atoms with van der Waals surface area (Å²) >= 11 is 6.03. The van der Waals surface area contributed by atoms with Crippen LogP contribution in [0.4, 0.5) is 0 Å². The fraction of sp³-hybridized carbons (Fsp3) is 0.250. The Hall–Kier alpha value is -3.24. The molecular formula is C28H27ClO4. The number of hydrogen-bond acceptors (Lipinski definition) is 3. The highest BCUT2D eigenvalue weighted by molar-refractivity contribution is 6.30. The summed E-state index contributed by atoms with van der Waals surface area (Å²) in [6, 6.07) is 18.7. The van der Waals surface area contributed by atoms with E-state index in [1.165, 1.54) is 0 Å². The molecule has 0 aliphatic heterocycles. The molecule has 0 spiro atoms. The lowest BCUT2D eigenvalue weighted by Crippen LogP contribution is -2.05. The minimum Gasteiger partial charge on any atom is -0.481 e. The van der Waals surface area contributed by atoms with Gasteiger partial charge in [-0.1, -0.05) is 48.0 Å². The first-order valence-electron chi connectivity index (χ1n) is 11.0. The quantitative estimate of drug-likeness (QED) is 0.333. The Balaban J connectivity index is 1.80. The highest BCUT2D eigenvalue weighted by Crippen LogP contribution is 2.28. The van der Waals surface area contributed by atoms with E-state index in [0.29, 0.717) is 35.4 Å². The van der Waals surface area contributed by atoms with Crippen molar-refractivity contribution in [2.24, 2.45) is 0 Å². The first-order chi connectivity index (χ1) is 15.7. The third kappa shape index (κ3) is 6.62. The van der Waals surface area contributed by atoms with Crippen LogP contribution < -0.4 is 0 Å². The molecule has 3 rings (SSSR count). The molecule has 4 nitrogen and oxygen atoms in total. The number of halogens is 1. The van der Waals surface area contributed by atoms with Crippen LogP contribution >= 0.6 is 11.6 Å². The maximum absolute atomic E-state index is 12.7. The highest BCUT2D eigenvalue weighted by atomic mass is 35.5. The summed E-state index contributed by atoms with van der Waals surface area (Å²) in [7, 11) is 0. The molecule has 1 N–H and O–H groups in total. The number of ketones is 2. The van der Waals surface area contributed by atoms with Crippen LogP contribution in [-0.2, 0) is 11.2 Å². The van der Waals surface area contributed by atoms with Crippen LogP contribution in [0.2, 0.25) is 5.02 Å². The van der Waals surface area contributed by atoms with Crippen molar-refractivity contribution < 1.29 is 19.5 Å². The van der Waals surface area contributed by atoms with E-state index in [1.807, 2.05) is 68.4 Å². The third-order valence-electron chi connectivity index (χ3n) is 5.83. The van der Waals surface area contributed by atoms with E-state index in [-0.39, 0.29) is 24.4 Å². The Labute approximate surface area is 199 Å². The number of rotatable bonds is 10. The lowest BCUT2D eigenvalue weighted by molar-refractivity contribution is -0.136. The second kappa shape index (κ2) is 11.1. The van der Waals surface area contributed by atoms with E-state index >= 15 is 0 Å². The molecule has 0 bridgehead atoms. The summed E-state index contributed by atoms with van der Waals surface area (Å²) in [4.78, 5) is 36.0. The van der Waals surface area contributed by atoms with Crippen LogP contribution in [0.3, 0.4) is 0 Å². The van der Waals surface area contributed by atoms with Gasteiger partial charge in [0.25, 0.3) is 0 Å². The number of aryl methyl sites for hydroxylation is 3. The van der Waals surface area contributed by atoms with Gasteiger partial charge in [0.1, 0.15) is 0 Å². The minimum absolute atomic E-state index is 0.0413. The average Bonchev–Trinajstić information content (AvgIpc) is 2.79. The van der Waals surface area contributed by atoms with E-state index in [2.05, 4.69) is 0 Å². The molecule has 0 unspecified atom stereocenters. The third-order valence-corrected chi connectivity index (χ3v) is 6.08. The van der Waals surface area contributed by atoms with Gasteiger partial charge in [0, 0.05) is 29.0 Å². The van der Waals surface area contributed by atoms with Crippen LogP contribution in [-0.4, -0.2) is 22.6 Å². The highest BCUT2D eigenvalue weighted by Gasteiger charge is 2.14. The number of Topliss-reactive ketones (excluding diaryl/α,β-unsaturated/α-hetero) is 2. The van der Waals surface area contributed by atoms with Crippen molar-refractivity contribution in [3.05, 3.63) is 93.5 Å². The molecule has 0 aliphatic rings. The number of benzene rings is 3. The molecule has 0 amide bonds. The fourth-order valence-electron chi connectivity index (χ4n) is 3.75. The molecule has 0 atom stereocenters. The van der Waals surface area contributed by atoms with Crippen molar-refractivity contribution in [3.63, 3.8) is 0 Å². The fourth-order valence-corrected chi connectivity index (χ4v) is 3.87. The van der Waals surface area contributed by atoms with Gasteiger partial charge in [-0.05, 0) is 78.8 Å². The number of carbonyl (C=O) groups is 3. The lowest BCUT2D eigenvalue weighted by atomic mass is 9.92. The van der Waals surface area contributed by atoms with Gasteiger partial charge in [-0.15, -0.1) is 0 Å². The van der Waals surface area contributed by atoms with Crippen LogP contribution in [0.5, 0.6) is 0 Å². The Morgan fingerprint density at radius 2 is 1.39 bits per heavy atom. The molecule has 0 radical (unpaired) electrons. The molecule has 0 aliphatic carbocycles. The van der Waals surface area contributed by atoms with Crippen molar-refractivity contribution in [2.75, 3.05) is 0 Å². The monoisotopic (exact) mass is 462 g/mol. The van der Waals surface area contributed by atoms with Crippen molar-refractivity contribution in [1.82, 2.24) is 0 Å². The Morgan fingerprint density at radius 1 is 0.758 bits per heavy atom. The molecule has 0 saturated carbocycles. The molecule has 0 saturated heterocycles. The molecule has 0 fully saturated rings. The predicted molar refractivity (Wildman–Crippen MR) is 131 cm³/mol. The molecule has 3 aromatic rings. The SMILES string of the molecule is Cc1ccc(C(=O)CCCc2cc(C(=O)CCC(=O)O)ccc2-c2ccc(Cl)cc2)cc1C. The van der Waals surface area contributed by atoms with Crippen LogP contribution in [0, 0.1) is 13.8 Å². The Kier molecular flexibility index (Phi) is 8.18. The zero-order valence-electron chi connectivity index (χ0n) is 18.9. The number of hydrogen-bond donors (Lipinski definition) is 1. The summed E-state index contributed by atoms with van der Waals surface area (Å²) in [6.45, 7) is 4.02. The zero-order chi connectivity index (χ0) is 24.0. The van der Waals surface area contributed by atoms with Crippen molar-refractivity contribution >= 4 is 29.1 Å². The predicted octanol–water partition coefficient (Wildman–Crippen LogP) is 6.88. The molecule has 0 aromatic heterocycles. The van der Waals surface area contributed by atoms with Gasteiger partial charge in [0.15, 0.2) is 11.6 Å². The van der Waals surface area contributed by atoms with Gasteiger partial charge in [-0.2, -0.15) is 0 Å². The number of carboxylic acids is 1. The first kappa shape index (κ1) is 24.4. The zero-order valence-corrected chi connectivity index (χ0v) is 19.6. The van der Waals surface area contributed by atoms with Gasteiger partial charge in [0.2, 0.25) is 0 Å². The second-order valence-electron chi connectivity index (χ2n) is 8.27. The van der Waals surface area contributed by atoms with Crippen molar-refractivity contribution in [3.8, 4) is 11.1 Å². The Bertz CT molecular complexity index is 1180. The number of aliphatic carboxylic acids is 1. The normalized spacial score (nSPS) is 10.8. The van der Waals surface area contributed by atoms with Gasteiger partial charge in [-0.25, -0.2) is 0 Å². The van der Waals surface area contributed by atoms with Crippen LogP contribution in [0.25, 0.3) is 11.1 Å². The van der Waals surface area contributed by atoms with Gasteiger partial charge >= 0.3 is 5.97 Å². The standard InChI is InChI=1S/C28H27ClO4/c1-18-6-7-22(16-19(18)2)26(30)5-3-4-21-17-23(27(31)14-15-28(32)33)10-13-25(21)20-8-11-24(29)12-9-20/h6-13,16-17H,3-5,14-15H2,1-2H3,(H,32,33). The summed E-state index contributed by atoms with van der Waals surface area (Å²) in [5, 5.41) is 9.52. The summed E-state index contributed by atoms with van der Waals surface area (Å²) in [5.74, 6) is -1.10. The van der Waals surface area contributed by atoms with Gasteiger partial charge in [-0.3, -0.25) is 14.4 Å². The average molecular weight is 463 g/mol. The summed E-state index contributed by atoms with van der Waals surface area (Å²) in [5.41, 5.74) is 6.35. The van der Waals surface area contributed by atoms with Gasteiger partial charge < -0.3 is 5.11 Å². The van der Waals surface area contributed by atoms with E-state index < -0.39 is 5.97 Å². The first-order valence-corrected chi connectivity index (χ1v) is 11.4. The van der Waals surface area contributed by atoms with Crippen molar-refractivity contribution in [1.29, 1.82) is 0 Å². The van der Waals surface area contributed by atoms with E-state index in [9.17, 15) is 14.4 Å². The smallest absolute Gasteiger partial charge is 0.303 e. The second-order valence-corrected chi connectivity index (χ2v) is 8.71. The largest absolute Gasteiger partial charge is 0.481 e. The van der Waals surface area contributed by atoms with Crippen molar-refractivity contribution in [2.45, 2.75) is 46.0 Å². The summed E-state index contributed by atoms with van der Waals surface area (Å²) < 4.78 is 0. The molecule has 0 heterocycles. The van der Waals surface area contributed by atoms with Gasteiger partial charge in [0.05, 0.1) is 6.42 Å². The van der Waals surface area contributed by atoms with E-state index in [4.69, 9.17) is 16.7 Å². The molecule has 3 aromatic carbocycles. The topological polar surface area (TPSA) is 71.4 Å². The molecular weight excluding hydrogens is 436 g/mol.